The Morgan fingerprint density at radius 3 is 2.18 bits per heavy atom. The fraction of sp³-hybridized carbons (Fsp3) is 0.500. The van der Waals surface area contributed by atoms with Crippen LogP contribution in [0.4, 0.5) is 17.6 Å². The van der Waals surface area contributed by atoms with Crippen molar-refractivity contribution in [2.45, 2.75) is 32.0 Å². The SMILES string of the molecule is CC1(C)CC1(N)c1ccc(F)cc1C(F)(F)F. The van der Waals surface area contributed by atoms with Gasteiger partial charge < -0.3 is 5.73 Å². The maximum absolute atomic E-state index is 12.9. The van der Waals surface area contributed by atoms with Gasteiger partial charge in [-0.3, -0.25) is 0 Å². The molecular weight excluding hydrogens is 234 g/mol. The molecule has 1 fully saturated rings. The lowest BCUT2D eigenvalue weighted by Crippen LogP contribution is -2.29. The Morgan fingerprint density at radius 1 is 1.24 bits per heavy atom. The van der Waals surface area contributed by atoms with Crippen LogP contribution >= 0.6 is 0 Å². The molecule has 1 aromatic carbocycles. The molecule has 17 heavy (non-hydrogen) atoms. The van der Waals surface area contributed by atoms with Gasteiger partial charge in [-0.25, -0.2) is 4.39 Å². The van der Waals surface area contributed by atoms with Crippen LogP contribution in [-0.2, 0) is 11.7 Å². The van der Waals surface area contributed by atoms with E-state index < -0.39 is 23.1 Å². The zero-order valence-electron chi connectivity index (χ0n) is 9.53. The van der Waals surface area contributed by atoms with E-state index in [1.54, 1.807) is 13.8 Å². The van der Waals surface area contributed by atoms with Gasteiger partial charge in [0.2, 0.25) is 0 Å². The van der Waals surface area contributed by atoms with Crippen molar-refractivity contribution in [2.75, 3.05) is 0 Å². The fourth-order valence-electron chi connectivity index (χ4n) is 2.25. The van der Waals surface area contributed by atoms with E-state index in [1.807, 2.05) is 0 Å². The number of hydrogen-bond donors (Lipinski definition) is 1. The predicted octanol–water partition coefficient (Wildman–Crippen LogP) is 3.43. The zero-order chi connectivity index (χ0) is 13.1. The smallest absolute Gasteiger partial charge is 0.321 e. The summed E-state index contributed by atoms with van der Waals surface area (Å²) in [5.74, 6) is -0.900. The molecule has 1 atom stereocenters. The Balaban J connectivity index is 2.57. The average molecular weight is 247 g/mol. The van der Waals surface area contributed by atoms with Crippen LogP contribution in [0.2, 0.25) is 0 Å². The summed E-state index contributed by atoms with van der Waals surface area (Å²) in [5, 5.41) is 0. The molecule has 0 heterocycles. The Labute approximate surface area is 96.6 Å². The molecule has 1 aliphatic rings. The van der Waals surface area contributed by atoms with E-state index >= 15 is 0 Å². The Bertz CT molecular complexity index is 464. The quantitative estimate of drug-likeness (QED) is 0.756. The minimum atomic E-state index is -4.58. The lowest BCUT2D eigenvalue weighted by molar-refractivity contribution is -0.138. The van der Waals surface area contributed by atoms with Crippen LogP contribution in [0, 0.1) is 11.2 Å². The molecule has 0 bridgehead atoms. The van der Waals surface area contributed by atoms with Gasteiger partial charge in [0.05, 0.1) is 5.56 Å². The van der Waals surface area contributed by atoms with E-state index in [9.17, 15) is 17.6 Å². The Kier molecular flexibility index (Phi) is 2.34. The number of hydrogen-bond acceptors (Lipinski definition) is 1. The molecule has 0 spiro atoms. The number of halogens is 4. The van der Waals surface area contributed by atoms with E-state index in [-0.39, 0.29) is 11.0 Å². The largest absolute Gasteiger partial charge is 0.416 e. The standard InChI is InChI=1S/C12H13F4N/c1-10(2)6-11(10,17)8-4-3-7(13)5-9(8)12(14,15)16/h3-5H,6,17H2,1-2H3. The molecule has 1 unspecified atom stereocenters. The first kappa shape index (κ1) is 12.4. The second-order valence-corrected chi connectivity index (χ2v) is 5.22. The van der Waals surface area contributed by atoms with E-state index in [2.05, 4.69) is 0 Å². The lowest BCUT2D eigenvalue weighted by Gasteiger charge is -2.21. The lowest BCUT2D eigenvalue weighted by atomic mass is 9.92. The van der Waals surface area contributed by atoms with Crippen molar-refractivity contribution in [1.82, 2.24) is 0 Å². The van der Waals surface area contributed by atoms with Gasteiger partial charge in [0.25, 0.3) is 0 Å². The molecule has 1 saturated carbocycles. The van der Waals surface area contributed by atoms with Gasteiger partial charge in [0.1, 0.15) is 5.82 Å². The maximum Gasteiger partial charge on any atom is 0.416 e. The van der Waals surface area contributed by atoms with Gasteiger partial charge >= 0.3 is 6.18 Å². The molecule has 5 heteroatoms. The van der Waals surface area contributed by atoms with Crippen LogP contribution in [-0.4, -0.2) is 0 Å². The van der Waals surface area contributed by atoms with Crippen molar-refractivity contribution in [3.8, 4) is 0 Å². The molecule has 0 aromatic heterocycles. The van der Waals surface area contributed by atoms with E-state index in [0.29, 0.717) is 12.5 Å². The summed E-state index contributed by atoms with van der Waals surface area (Å²) >= 11 is 0. The topological polar surface area (TPSA) is 26.0 Å². The fourth-order valence-corrected chi connectivity index (χ4v) is 2.25. The minimum Gasteiger partial charge on any atom is -0.321 e. The van der Waals surface area contributed by atoms with Crippen molar-refractivity contribution in [3.63, 3.8) is 0 Å². The van der Waals surface area contributed by atoms with Gasteiger partial charge in [-0.2, -0.15) is 13.2 Å². The van der Waals surface area contributed by atoms with Gasteiger partial charge in [0.15, 0.2) is 0 Å². The molecule has 2 N–H and O–H groups in total. The summed E-state index contributed by atoms with van der Waals surface area (Å²) in [4.78, 5) is 0. The van der Waals surface area contributed by atoms with Crippen LogP contribution in [0.1, 0.15) is 31.4 Å². The highest BCUT2D eigenvalue weighted by atomic mass is 19.4. The van der Waals surface area contributed by atoms with Crippen molar-refractivity contribution < 1.29 is 17.6 Å². The van der Waals surface area contributed by atoms with Crippen molar-refractivity contribution in [2.24, 2.45) is 11.1 Å². The highest BCUT2D eigenvalue weighted by Crippen LogP contribution is 2.61. The molecule has 94 valence electrons. The highest BCUT2D eigenvalue weighted by molar-refractivity contribution is 5.42. The molecule has 1 aromatic rings. The molecular formula is C12H13F4N. The normalized spacial score (nSPS) is 27.0. The van der Waals surface area contributed by atoms with Crippen LogP contribution < -0.4 is 5.73 Å². The summed E-state index contributed by atoms with van der Waals surface area (Å²) in [6.07, 6.45) is -4.11. The third-order valence-electron chi connectivity index (χ3n) is 3.57. The van der Waals surface area contributed by atoms with Crippen LogP contribution in [0.15, 0.2) is 18.2 Å². The number of rotatable bonds is 1. The summed E-state index contributed by atoms with van der Waals surface area (Å²) < 4.78 is 51.4. The Hall–Kier alpha value is -1.10. The van der Waals surface area contributed by atoms with Crippen molar-refractivity contribution in [1.29, 1.82) is 0 Å². The van der Waals surface area contributed by atoms with E-state index in [1.165, 1.54) is 0 Å². The first-order valence-corrected chi connectivity index (χ1v) is 5.24. The molecule has 0 amide bonds. The van der Waals surface area contributed by atoms with Gasteiger partial charge in [-0.15, -0.1) is 0 Å². The average Bonchev–Trinajstić information content (AvgIpc) is 2.65. The van der Waals surface area contributed by atoms with Crippen LogP contribution in [0.5, 0.6) is 0 Å². The van der Waals surface area contributed by atoms with Gasteiger partial charge in [0, 0.05) is 5.54 Å². The molecule has 0 aliphatic heterocycles. The third-order valence-corrected chi connectivity index (χ3v) is 3.57. The summed E-state index contributed by atoms with van der Waals surface area (Å²) in [6.45, 7) is 3.60. The van der Waals surface area contributed by atoms with Crippen LogP contribution in [0.25, 0.3) is 0 Å². The zero-order valence-corrected chi connectivity index (χ0v) is 9.53. The van der Waals surface area contributed by atoms with Gasteiger partial charge in [-0.1, -0.05) is 19.9 Å². The second kappa shape index (κ2) is 3.22. The first-order valence-electron chi connectivity index (χ1n) is 5.24. The number of benzene rings is 1. The number of alkyl halides is 3. The predicted molar refractivity (Wildman–Crippen MR) is 55.7 cm³/mol. The van der Waals surface area contributed by atoms with Crippen LogP contribution in [0.3, 0.4) is 0 Å². The summed E-state index contributed by atoms with van der Waals surface area (Å²) in [5.41, 5.74) is 3.59. The maximum atomic E-state index is 12.9. The third kappa shape index (κ3) is 1.82. The second-order valence-electron chi connectivity index (χ2n) is 5.22. The number of nitrogens with two attached hydrogens (primary N) is 1. The van der Waals surface area contributed by atoms with E-state index in [4.69, 9.17) is 5.73 Å². The van der Waals surface area contributed by atoms with Crippen molar-refractivity contribution >= 4 is 0 Å². The molecule has 0 radical (unpaired) electrons. The van der Waals surface area contributed by atoms with Gasteiger partial charge in [-0.05, 0) is 29.5 Å². The minimum absolute atomic E-state index is 0.0172. The summed E-state index contributed by atoms with van der Waals surface area (Å²) in [6, 6.07) is 2.68. The van der Waals surface area contributed by atoms with E-state index in [0.717, 1.165) is 12.1 Å². The highest BCUT2D eigenvalue weighted by Gasteiger charge is 2.61. The molecule has 1 aliphatic carbocycles. The molecule has 1 nitrogen and oxygen atoms in total. The molecule has 0 saturated heterocycles. The monoisotopic (exact) mass is 247 g/mol. The molecule has 2 rings (SSSR count). The Morgan fingerprint density at radius 2 is 1.76 bits per heavy atom. The first-order chi connectivity index (χ1) is 7.58. The van der Waals surface area contributed by atoms with Crippen molar-refractivity contribution in [3.05, 3.63) is 35.1 Å². The summed E-state index contributed by atoms with van der Waals surface area (Å²) in [7, 11) is 0.